The van der Waals surface area contributed by atoms with Crippen molar-refractivity contribution in [3.8, 4) is 0 Å². The van der Waals surface area contributed by atoms with E-state index in [1.54, 1.807) is 24.3 Å². The molecular weight excluding hydrogens is 462 g/mol. The van der Waals surface area contributed by atoms with Gasteiger partial charge in [-0.3, -0.25) is 14.5 Å². The molecule has 0 aromatic heterocycles. The standard InChI is InChI=1S/C27H25N3O6/c31-24-16-30(23-14-8-7-13-21(23)28-24)25(32)18-35-26(33)22(15-19-9-3-1-4-10-19)29-27(34)36-17-20-11-5-2-6-12-20/h1-14,22H,15-18H2,(H,28,31)(H,29,34)/t22-/m0/s1. The number of carbonyl (C=O) groups excluding carboxylic acids is 4. The van der Waals surface area contributed by atoms with Gasteiger partial charge in [0.2, 0.25) is 5.91 Å². The molecule has 0 bridgehead atoms. The predicted octanol–water partition coefficient (Wildman–Crippen LogP) is 3.05. The average Bonchev–Trinajstić information content (AvgIpc) is 2.90. The minimum atomic E-state index is -1.08. The number of hydrogen-bond acceptors (Lipinski definition) is 6. The largest absolute Gasteiger partial charge is 0.454 e. The normalized spacial score (nSPS) is 13.1. The molecule has 0 spiro atoms. The lowest BCUT2D eigenvalue weighted by Gasteiger charge is -2.29. The monoisotopic (exact) mass is 487 g/mol. The second-order valence-electron chi connectivity index (χ2n) is 8.10. The van der Waals surface area contributed by atoms with Crippen LogP contribution in [0, 0.1) is 0 Å². The number of amides is 3. The Morgan fingerprint density at radius 2 is 1.50 bits per heavy atom. The van der Waals surface area contributed by atoms with E-state index in [4.69, 9.17) is 9.47 Å². The molecular formula is C27H25N3O6. The summed E-state index contributed by atoms with van der Waals surface area (Å²) in [4.78, 5) is 51.4. The van der Waals surface area contributed by atoms with Crippen molar-refractivity contribution in [1.82, 2.24) is 5.32 Å². The zero-order chi connectivity index (χ0) is 25.3. The smallest absolute Gasteiger partial charge is 0.408 e. The molecule has 0 aliphatic carbocycles. The topological polar surface area (TPSA) is 114 Å². The summed E-state index contributed by atoms with van der Waals surface area (Å²) in [7, 11) is 0. The molecule has 36 heavy (non-hydrogen) atoms. The van der Waals surface area contributed by atoms with Crippen LogP contribution in [0.2, 0.25) is 0 Å². The van der Waals surface area contributed by atoms with Gasteiger partial charge >= 0.3 is 12.1 Å². The van der Waals surface area contributed by atoms with E-state index in [0.29, 0.717) is 11.4 Å². The molecule has 2 N–H and O–H groups in total. The van der Waals surface area contributed by atoms with Crippen LogP contribution in [0.5, 0.6) is 0 Å². The van der Waals surface area contributed by atoms with E-state index in [-0.39, 0.29) is 25.5 Å². The van der Waals surface area contributed by atoms with Gasteiger partial charge < -0.3 is 20.1 Å². The van der Waals surface area contributed by atoms with Gasteiger partial charge in [-0.2, -0.15) is 0 Å². The summed E-state index contributed by atoms with van der Waals surface area (Å²) in [5, 5.41) is 5.24. The summed E-state index contributed by atoms with van der Waals surface area (Å²) in [5.41, 5.74) is 2.60. The number of benzene rings is 3. The zero-order valence-corrected chi connectivity index (χ0v) is 19.4. The number of hydrogen-bond donors (Lipinski definition) is 2. The molecule has 9 nitrogen and oxygen atoms in total. The molecule has 0 saturated carbocycles. The highest BCUT2D eigenvalue weighted by molar-refractivity contribution is 6.10. The fourth-order valence-corrected chi connectivity index (χ4v) is 3.72. The molecule has 0 saturated heterocycles. The third kappa shape index (κ3) is 6.47. The SMILES string of the molecule is O=C1CN(C(=O)COC(=O)[C@H](Cc2ccccc2)NC(=O)OCc2ccccc2)c2ccccc2N1. The third-order valence-corrected chi connectivity index (χ3v) is 5.48. The predicted molar refractivity (Wildman–Crippen MR) is 132 cm³/mol. The summed E-state index contributed by atoms with van der Waals surface area (Å²) in [6.45, 7) is -0.744. The van der Waals surface area contributed by atoms with E-state index in [1.807, 2.05) is 60.7 Å². The molecule has 3 aromatic carbocycles. The number of rotatable bonds is 8. The van der Waals surface area contributed by atoms with Crippen LogP contribution in [0.15, 0.2) is 84.9 Å². The summed E-state index contributed by atoms with van der Waals surface area (Å²) in [6, 6.07) is 24.0. The van der Waals surface area contributed by atoms with Crippen LogP contribution in [0.4, 0.5) is 16.2 Å². The van der Waals surface area contributed by atoms with Gasteiger partial charge in [-0.1, -0.05) is 72.8 Å². The summed E-state index contributed by atoms with van der Waals surface area (Å²) >= 11 is 0. The Morgan fingerprint density at radius 1 is 0.861 bits per heavy atom. The molecule has 1 aliphatic rings. The Bertz CT molecular complexity index is 1230. The summed E-state index contributed by atoms with van der Waals surface area (Å²) in [6.07, 6.45) is -0.645. The van der Waals surface area contributed by atoms with Gasteiger partial charge in [0.15, 0.2) is 6.61 Å². The molecule has 4 rings (SSSR count). The maximum atomic E-state index is 12.9. The van der Waals surface area contributed by atoms with Crippen molar-refractivity contribution < 1.29 is 28.7 Å². The Kier molecular flexibility index (Phi) is 7.92. The summed E-state index contributed by atoms with van der Waals surface area (Å²) < 4.78 is 10.5. The summed E-state index contributed by atoms with van der Waals surface area (Å²) in [5.74, 6) is -1.70. The van der Waals surface area contributed by atoms with Crippen LogP contribution in [0.1, 0.15) is 11.1 Å². The Hall–Kier alpha value is -4.66. The lowest BCUT2D eigenvalue weighted by molar-refractivity contribution is -0.149. The molecule has 3 amide bonds. The highest BCUT2D eigenvalue weighted by atomic mass is 16.6. The fraction of sp³-hybridized carbons (Fsp3) is 0.185. The number of nitrogens with one attached hydrogen (secondary N) is 2. The fourth-order valence-electron chi connectivity index (χ4n) is 3.72. The Morgan fingerprint density at radius 3 is 2.22 bits per heavy atom. The number of alkyl carbamates (subject to hydrolysis) is 1. The van der Waals surface area contributed by atoms with Crippen LogP contribution >= 0.6 is 0 Å². The number of fused-ring (bicyclic) bond motifs is 1. The molecule has 0 radical (unpaired) electrons. The molecule has 0 unspecified atom stereocenters. The highest BCUT2D eigenvalue weighted by Crippen LogP contribution is 2.28. The van der Waals surface area contributed by atoms with Gasteiger partial charge in [-0.05, 0) is 23.3 Å². The van der Waals surface area contributed by atoms with Crippen LogP contribution in [0.25, 0.3) is 0 Å². The number of para-hydroxylation sites is 2. The molecule has 1 atom stereocenters. The van der Waals surface area contributed by atoms with E-state index < -0.39 is 30.6 Å². The Balaban J connectivity index is 1.39. The Labute approximate surface area is 208 Å². The van der Waals surface area contributed by atoms with Gasteiger partial charge in [0, 0.05) is 6.42 Å². The highest BCUT2D eigenvalue weighted by Gasteiger charge is 2.29. The molecule has 1 aliphatic heterocycles. The number of esters is 1. The van der Waals surface area contributed by atoms with Crippen LogP contribution in [-0.2, 0) is 36.9 Å². The first kappa shape index (κ1) is 24.5. The van der Waals surface area contributed by atoms with Crippen molar-refractivity contribution >= 4 is 35.3 Å². The van der Waals surface area contributed by atoms with Crippen molar-refractivity contribution in [2.45, 2.75) is 19.1 Å². The van der Waals surface area contributed by atoms with Gasteiger partial charge in [-0.25, -0.2) is 9.59 Å². The first-order valence-electron chi connectivity index (χ1n) is 11.4. The quantitative estimate of drug-likeness (QED) is 0.472. The molecule has 1 heterocycles. The van der Waals surface area contributed by atoms with Crippen molar-refractivity contribution in [3.05, 3.63) is 96.1 Å². The van der Waals surface area contributed by atoms with E-state index in [2.05, 4.69) is 10.6 Å². The lowest BCUT2D eigenvalue weighted by atomic mass is 10.1. The van der Waals surface area contributed by atoms with Gasteiger partial charge in [0.05, 0.1) is 11.4 Å². The third-order valence-electron chi connectivity index (χ3n) is 5.48. The minimum Gasteiger partial charge on any atom is -0.454 e. The number of anilines is 2. The molecule has 9 heteroatoms. The van der Waals surface area contributed by atoms with Gasteiger partial charge in [-0.15, -0.1) is 0 Å². The first-order valence-corrected chi connectivity index (χ1v) is 11.4. The number of nitrogens with zero attached hydrogens (tertiary/aromatic N) is 1. The second-order valence-corrected chi connectivity index (χ2v) is 8.10. The van der Waals surface area contributed by atoms with Crippen molar-refractivity contribution in [2.24, 2.45) is 0 Å². The maximum Gasteiger partial charge on any atom is 0.408 e. The number of carbonyl (C=O) groups is 4. The van der Waals surface area contributed by atoms with Gasteiger partial charge in [0.25, 0.3) is 5.91 Å². The van der Waals surface area contributed by atoms with E-state index in [0.717, 1.165) is 11.1 Å². The van der Waals surface area contributed by atoms with E-state index in [9.17, 15) is 19.2 Å². The van der Waals surface area contributed by atoms with Crippen molar-refractivity contribution in [3.63, 3.8) is 0 Å². The number of ether oxygens (including phenoxy) is 2. The van der Waals surface area contributed by atoms with Crippen molar-refractivity contribution in [2.75, 3.05) is 23.4 Å². The maximum absolute atomic E-state index is 12.9. The lowest BCUT2D eigenvalue weighted by Crippen LogP contribution is -2.46. The second kappa shape index (κ2) is 11.7. The molecule has 3 aromatic rings. The average molecular weight is 488 g/mol. The van der Waals surface area contributed by atoms with Crippen LogP contribution in [0.3, 0.4) is 0 Å². The van der Waals surface area contributed by atoms with Crippen LogP contribution in [-0.4, -0.2) is 43.1 Å². The molecule has 0 fully saturated rings. The van der Waals surface area contributed by atoms with E-state index >= 15 is 0 Å². The van der Waals surface area contributed by atoms with Crippen molar-refractivity contribution in [1.29, 1.82) is 0 Å². The molecule has 184 valence electrons. The van der Waals surface area contributed by atoms with Crippen LogP contribution < -0.4 is 15.5 Å². The zero-order valence-electron chi connectivity index (χ0n) is 19.4. The van der Waals surface area contributed by atoms with E-state index in [1.165, 1.54) is 4.90 Å². The minimum absolute atomic E-state index is 0.0364. The van der Waals surface area contributed by atoms with Gasteiger partial charge in [0.1, 0.15) is 19.2 Å². The first-order chi connectivity index (χ1) is 17.5.